The molecule has 0 unspecified atom stereocenters. The molecule has 0 saturated heterocycles. The summed E-state index contributed by atoms with van der Waals surface area (Å²) >= 11 is 6.48. The second-order valence-electron chi connectivity index (χ2n) is 7.50. The highest BCUT2D eigenvalue weighted by atomic mass is 35.5. The van der Waals surface area contributed by atoms with Gasteiger partial charge in [0, 0.05) is 42.3 Å². The number of benzene rings is 1. The van der Waals surface area contributed by atoms with E-state index in [2.05, 4.69) is 4.98 Å². The maximum Gasteiger partial charge on any atom is 0.340 e. The van der Waals surface area contributed by atoms with Crippen molar-refractivity contribution in [2.24, 2.45) is 5.73 Å². The first kappa shape index (κ1) is 21.7. The van der Waals surface area contributed by atoms with Crippen molar-refractivity contribution in [2.45, 2.75) is 32.4 Å². The molecule has 4 rings (SSSR count). The highest BCUT2D eigenvalue weighted by molar-refractivity contribution is 6.31. The standard InChI is InChI=1S/C23H23ClN4O4/c1-14-12-17-19(22(29)28(14)10-5-9-27-11-8-26-13-27)18(15-6-3-4-7-16(15)24)20(21(25)32-17)23(30)31-2/h3-4,6-8,11-13,18H,5,9-10,25H2,1-2H3/t18-/m1/s1. The van der Waals surface area contributed by atoms with Crippen LogP contribution in [0, 0.1) is 6.92 Å². The van der Waals surface area contributed by atoms with Crippen molar-refractivity contribution in [3.8, 4) is 5.75 Å². The van der Waals surface area contributed by atoms with Crippen molar-refractivity contribution >= 4 is 17.6 Å². The molecule has 9 heteroatoms. The summed E-state index contributed by atoms with van der Waals surface area (Å²) in [5, 5.41) is 0.409. The van der Waals surface area contributed by atoms with Crippen LogP contribution in [-0.2, 0) is 22.6 Å². The fraction of sp³-hybridized carbons (Fsp3) is 0.261. The van der Waals surface area contributed by atoms with Gasteiger partial charge in [-0.3, -0.25) is 4.79 Å². The van der Waals surface area contributed by atoms with E-state index in [0.717, 1.165) is 12.1 Å². The van der Waals surface area contributed by atoms with Crippen molar-refractivity contribution in [1.29, 1.82) is 0 Å². The number of fused-ring (bicyclic) bond motifs is 1. The zero-order chi connectivity index (χ0) is 22.8. The van der Waals surface area contributed by atoms with Crippen LogP contribution in [0.1, 0.15) is 29.2 Å². The Morgan fingerprint density at radius 1 is 1.31 bits per heavy atom. The highest BCUT2D eigenvalue weighted by Gasteiger charge is 2.39. The molecule has 3 heterocycles. The number of nitrogens with zero attached hydrogens (tertiary/aromatic N) is 3. The summed E-state index contributed by atoms with van der Waals surface area (Å²) < 4.78 is 14.3. The van der Waals surface area contributed by atoms with Crippen molar-refractivity contribution < 1.29 is 14.3 Å². The van der Waals surface area contributed by atoms with Crippen LogP contribution < -0.4 is 16.0 Å². The van der Waals surface area contributed by atoms with Crippen molar-refractivity contribution in [3.05, 3.63) is 92.7 Å². The first-order chi connectivity index (χ1) is 15.4. The number of hydrogen-bond donors (Lipinski definition) is 1. The maximum atomic E-state index is 13.7. The summed E-state index contributed by atoms with van der Waals surface area (Å²) in [6, 6.07) is 8.80. The summed E-state index contributed by atoms with van der Waals surface area (Å²) in [5.74, 6) is -1.28. The number of aromatic nitrogens is 3. The third-order valence-corrected chi connectivity index (χ3v) is 5.89. The van der Waals surface area contributed by atoms with E-state index in [9.17, 15) is 9.59 Å². The van der Waals surface area contributed by atoms with Crippen molar-refractivity contribution in [2.75, 3.05) is 7.11 Å². The quantitative estimate of drug-likeness (QED) is 0.574. The van der Waals surface area contributed by atoms with E-state index < -0.39 is 11.9 Å². The number of carbonyl (C=O) groups excluding carboxylic acids is 1. The Balaban J connectivity index is 1.83. The zero-order valence-corrected chi connectivity index (χ0v) is 18.5. The largest absolute Gasteiger partial charge is 0.465 e. The lowest BCUT2D eigenvalue weighted by atomic mass is 9.83. The maximum absolute atomic E-state index is 13.7. The summed E-state index contributed by atoms with van der Waals surface area (Å²) in [5.41, 5.74) is 7.52. The number of carbonyl (C=O) groups is 1. The molecule has 1 aromatic carbocycles. The zero-order valence-electron chi connectivity index (χ0n) is 17.7. The Morgan fingerprint density at radius 2 is 2.09 bits per heavy atom. The lowest BCUT2D eigenvalue weighted by molar-refractivity contribution is -0.136. The number of pyridine rings is 1. The molecule has 1 aliphatic heterocycles. The second kappa shape index (κ2) is 8.92. The molecule has 8 nitrogen and oxygen atoms in total. The van der Waals surface area contributed by atoms with Gasteiger partial charge in [-0.15, -0.1) is 0 Å². The van der Waals surface area contributed by atoms with Gasteiger partial charge in [-0.05, 0) is 25.0 Å². The lowest BCUT2D eigenvalue weighted by Crippen LogP contribution is -2.35. The Hall–Kier alpha value is -3.52. The van der Waals surface area contributed by atoms with Crippen LogP contribution in [0.3, 0.4) is 0 Å². The number of hydrogen-bond acceptors (Lipinski definition) is 6. The summed E-state index contributed by atoms with van der Waals surface area (Å²) in [7, 11) is 1.26. The molecular weight excluding hydrogens is 432 g/mol. The van der Waals surface area contributed by atoms with E-state index in [-0.39, 0.29) is 17.0 Å². The predicted molar refractivity (Wildman–Crippen MR) is 119 cm³/mol. The molecule has 2 aromatic heterocycles. The number of aryl methyl sites for hydroxylation is 2. The molecule has 0 radical (unpaired) electrons. The first-order valence-corrected chi connectivity index (χ1v) is 10.5. The molecule has 1 atom stereocenters. The molecule has 0 fully saturated rings. The molecule has 3 aromatic rings. The van der Waals surface area contributed by atoms with Crippen LogP contribution in [-0.4, -0.2) is 27.2 Å². The molecule has 0 spiro atoms. The van der Waals surface area contributed by atoms with E-state index in [0.29, 0.717) is 35.0 Å². The third-order valence-electron chi connectivity index (χ3n) is 5.55. The normalized spacial score (nSPS) is 15.3. The van der Waals surface area contributed by atoms with Gasteiger partial charge < -0.3 is 24.3 Å². The van der Waals surface area contributed by atoms with Gasteiger partial charge in [-0.2, -0.15) is 0 Å². The van der Waals surface area contributed by atoms with E-state index in [1.165, 1.54) is 7.11 Å². The van der Waals surface area contributed by atoms with Gasteiger partial charge >= 0.3 is 5.97 Å². The van der Waals surface area contributed by atoms with Crippen molar-refractivity contribution in [3.63, 3.8) is 0 Å². The summed E-state index contributed by atoms with van der Waals surface area (Å²) in [4.78, 5) is 30.4. The fourth-order valence-corrected chi connectivity index (χ4v) is 4.27. The van der Waals surface area contributed by atoms with Crippen LogP contribution in [0.5, 0.6) is 5.75 Å². The van der Waals surface area contributed by atoms with E-state index in [1.54, 1.807) is 47.4 Å². The van der Waals surface area contributed by atoms with Gasteiger partial charge in [0.25, 0.3) is 5.56 Å². The summed E-state index contributed by atoms with van der Waals surface area (Å²) in [6.45, 7) is 3.04. The molecule has 32 heavy (non-hydrogen) atoms. The van der Waals surface area contributed by atoms with Crippen LogP contribution in [0.2, 0.25) is 5.02 Å². The minimum absolute atomic E-state index is 0.0546. The minimum atomic E-state index is -0.812. The molecular formula is C23H23ClN4O4. The smallest absolute Gasteiger partial charge is 0.340 e. The van der Waals surface area contributed by atoms with Gasteiger partial charge in [0.15, 0.2) is 0 Å². The molecule has 166 valence electrons. The van der Waals surface area contributed by atoms with Crippen LogP contribution >= 0.6 is 11.6 Å². The van der Waals surface area contributed by atoms with E-state index >= 15 is 0 Å². The fourth-order valence-electron chi connectivity index (χ4n) is 4.02. The number of nitrogens with two attached hydrogens (primary N) is 1. The SMILES string of the molecule is COC(=O)C1=C(N)Oc2cc(C)n(CCCn3ccnc3)c(=O)c2[C@H]1c1ccccc1Cl. The monoisotopic (exact) mass is 454 g/mol. The van der Waals surface area contributed by atoms with E-state index in [1.807, 2.05) is 17.7 Å². The van der Waals surface area contributed by atoms with Crippen LogP contribution in [0.25, 0.3) is 0 Å². The minimum Gasteiger partial charge on any atom is -0.465 e. The van der Waals surface area contributed by atoms with Gasteiger partial charge in [0.05, 0.1) is 24.9 Å². The number of halogens is 1. The van der Waals surface area contributed by atoms with Gasteiger partial charge in [0.1, 0.15) is 11.3 Å². The Morgan fingerprint density at radius 3 is 2.78 bits per heavy atom. The van der Waals surface area contributed by atoms with E-state index in [4.69, 9.17) is 26.8 Å². The Kier molecular flexibility index (Phi) is 6.05. The van der Waals surface area contributed by atoms with Gasteiger partial charge in [-0.1, -0.05) is 29.8 Å². The Labute approximate surface area is 189 Å². The van der Waals surface area contributed by atoms with Crippen LogP contribution in [0.4, 0.5) is 0 Å². The molecule has 0 amide bonds. The number of ether oxygens (including phenoxy) is 2. The number of methoxy groups -OCH3 is 1. The third kappa shape index (κ3) is 3.89. The molecule has 0 bridgehead atoms. The molecule has 2 N–H and O–H groups in total. The second-order valence-corrected chi connectivity index (χ2v) is 7.91. The molecule has 1 aliphatic rings. The van der Waals surface area contributed by atoms with Crippen LogP contribution in [0.15, 0.2) is 65.3 Å². The average Bonchev–Trinajstić information content (AvgIpc) is 3.28. The lowest BCUT2D eigenvalue weighted by Gasteiger charge is -2.29. The number of imidazole rings is 1. The topological polar surface area (TPSA) is 101 Å². The highest BCUT2D eigenvalue weighted by Crippen LogP contribution is 2.43. The van der Waals surface area contributed by atoms with Gasteiger partial charge in [-0.25, -0.2) is 9.78 Å². The Bertz CT molecular complexity index is 1250. The summed E-state index contributed by atoms with van der Waals surface area (Å²) in [6.07, 6.45) is 6.04. The average molecular weight is 455 g/mol. The first-order valence-electron chi connectivity index (χ1n) is 10.1. The number of esters is 1. The number of rotatable bonds is 6. The molecule has 0 aliphatic carbocycles. The predicted octanol–water partition coefficient (Wildman–Crippen LogP) is 2.96. The van der Waals surface area contributed by atoms with Gasteiger partial charge in [0.2, 0.25) is 5.88 Å². The van der Waals surface area contributed by atoms with Crippen molar-refractivity contribution in [1.82, 2.24) is 14.1 Å². The molecule has 0 saturated carbocycles.